The molecule has 10 heteroatoms. The Morgan fingerprint density at radius 2 is 1.94 bits per heavy atom. The molecule has 0 saturated carbocycles. The van der Waals surface area contributed by atoms with Gasteiger partial charge in [-0.3, -0.25) is 9.88 Å². The van der Waals surface area contributed by atoms with Crippen LogP contribution in [0, 0.1) is 0 Å². The average Bonchev–Trinajstić information content (AvgIpc) is 3.22. The standard InChI is InChI=1S/C23H30Cl2N7O/c1-4-6-19-16(5-2)11-20(33-19)22(23(29-26)32(27)14-15(32)3)31-9-7-30(8-10-31)21-17(24)12-28-13-18(21)25/h4-6,11-13,15,22H,2,7-10,14,26-27H2,1,3H3/q+1/b6-4-,29-23-. The van der Waals surface area contributed by atoms with E-state index in [-0.39, 0.29) is 16.7 Å². The van der Waals surface area contributed by atoms with Crippen molar-refractivity contribution in [3.8, 4) is 0 Å². The van der Waals surface area contributed by atoms with Gasteiger partial charge in [-0.25, -0.2) is 0 Å². The molecule has 0 bridgehead atoms. The van der Waals surface area contributed by atoms with Gasteiger partial charge < -0.3 is 15.2 Å². The van der Waals surface area contributed by atoms with E-state index in [1.807, 2.05) is 25.1 Å². The summed E-state index contributed by atoms with van der Waals surface area (Å²) >= 11 is 12.8. The summed E-state index contributed by atoms with van der Waals surface area (Å²) in [6.45, 7) is 11.6. The molecule has 0 aliphatic carbocycles. The summed E-state index contributed by atoms with van der Waals surface area (Å²) in [6.07, 6.45) is 8.88. The van der Waals surface area contributed by atoms with Gasteiger partial charge in [-0.05, 0) is 26.0 Å². The molecule has 2 saturated heterocycles. The summed E-state index contributed by atoms with van der Waals surface area (Å²) in [5.74, 6) is 14.8. The quantitative estimate of drug-likeness (QED) is 0.159. The predicted molar refractivity (Wildman–Crippen MR) is 135 cm³/mol. The molecular formula is C23H30Cl2N7O+. The van der Waals surface area contributed by atoms with Crippen molar-refractivity contribution in [3.05, 3.63) is 58.2 Å². The molecule has 2 aliphatic heterocycles. The third kappa shape index (κ3) is 4.41. The zero-order valence-electron chi connectivity index (χ0n) is 18.9. The molecule has 8 nitrogen and oxygen atoms in total. The average molecular weight is 491 g/mol. The number of nitrogens with zero attached hydrogens (tertiary/aromatic N) is 5. The van der Waals surface area contributed by atoms with Crippen molar-refractivity contribution < 1.29 is 9.01 Å². The van der Waals surface area contributed by atoms with Crippen LogP contribution in [-0.4, -0.2) is 59.1 Å². The van der Waals surface area contributed by atoms with E-state index in [2.05, 4.69) is 33.4 Å². The van der Waals surface area contributed by atoms with Gasteiger partial charge in [-0.2, -0.15) is 10.4 Å². The van der Waals surface area contributed by atoms with Crippen LogP contribution in [-0.2, 0) is 0 Å². The Morgan fingerprint density at radius 3 is 2.45 bits per heavy atom. The summed E-state index contributed by atoms with van der Waals surface area (Å²) < 4.78 is 6.50. The summed E-state index contributed by atoms with van der Waals surface area (Å²) in [5.41, 5.74) is 1.72. The molecule has 2 fully saturated rings. The van der Waals surface area contributed by atoms with Crippen LogP contribution in [0.4, 0.5) is 5.69 Å². The normalized spacial score (nSPS) is 24.9. The second-order valence-electron chi connectivity index (χ2n) is 8.50. The Balaban J connectivity index is 1.66. The smallest absolute Gasteiger partial charge is 0.264 e. The van der Waals surface area contributed by atoms with E-state index >= 15 is 0 Å². The monoisotopic (exact) mass is 490 g/mol. The number of hydrogen-bond donors (Lipinski definition) is 2. The molecule has 3 atom stereocenters. The van der Waals surface area contributed by atoms with Gasteiger partial charge in [0.15, 0.2) is 18.6 Å². The lowest BCUT2D eigenvalue weighted by Gasteiger charge is -2.40. The number of piperazine rings is 1. The van der Waals surface area contributed by atoms with Crippen LogP contribution in [0.5, 0.6) is 0 Å². The SMILES string of the molecule is C=Cc1cc(C(/C(=N/N)[N+]2(N)CC2C)N2CCN(c3c(Cl)cncc3Cl)CC2)oc1/C=C\C. The van der Waals surface area contributed by atoms with Crippen LogP contribution in [0.2, 0.25) is 10.0 Å². The van der Waals surface area contributed by atoms with Crippen molar-refractivity contribution in [2.45, 2.75) is 25.9 Å². The molecule has 0 aromatic carbocycles. The van der Waals surface area contributed by atoms with Gasteiger partial charge in [0.2, 0.25) is 0 Å². The number of halogens is 2. The zero-order valence-corrected chi connectivity index (χ0v) is 20.4. The Bertz CT molecular complexity index is 1070. The minimum absolute atomic E-state index is 0.215. The Morgan fingerprint density at radius 1 is 1.30 bits per heavy atom. The van der Waals surface area contributed by atoms with E-state index in [9.17, 15) is 0 Å². The molecule has 2 aromatic rings. The van der Waals surface area contributed by atoms with Gasteiger partial charge in [0.1, 0.15) is 11.5 Å². The van der Waals surface area contributed by atoms with Crippen LogP contribution in [0.1, 0.15) is 37.0 Å². The number of aromatic nitrogens is 1. The lowest BCUT2D eigenvalue weighted by molar-refractivity contribution is -0.731. The number of hydrazone groups is 1. The third-order valence-electron chi connectivity index (χ3n) is 6.46. The summed E-state index contributed by atoms with van der Waals surface area (Å²) in [5, 5.41) is 5.28. The van der Waals surface area contributed by atoms with Crippen molar-refractivity contribution in [1.82, 2.24) is 9.88 Å². The maximum absolute atomic E-state index is 6.66. The van der Waals surface area contributed by atoms with E-state index in [1.54, 1.807) is 18.5 Å². The highest BCUT2D eigenvalue weighted by Crippen LogP contribution is 2.38. The van der Waals surface area contributed by atoms with Crippen molar-refractivity contribution >= 4 is 46.9 Å². The van der Waals surface area contributed by atoms with E-state index in [0.717, 1.165) is 42.4 Å². The summed E-state index contributed by atoms with van der Waals surface area (Å²) in [7, 11) is 0. The molecule has 4 rings (SSSR count). The first kappa shape index (κ1) is 23.8. The second kappa shape index (κ2) is 9.48. The summed E-state index contributed by atoms with van der Waals surface area (Å²) in [4.78, 5) is 8.53. The number of anilines is 1. The zero-order chi connectivity index (χ0) is 23.8. The third-order valence-corrected chi connectivity index (χ3v) is 7.02. The highest BCUT2D eigenvalue weighted by atomic mass is 35.5. The fraction of sp³-hybridized carbons (Fsp3) is 0.391. The van der Waals surface area contributed by atoms with Crippen molar-refractivity contribution in [1.29, 1.82) is 0 Å². The number of hydrogen-bond acceptors (Lipinski definition) is 7. The first-order valence-corrected chi connectivity index (χ1v) is 11.7. The molecular weight excluding hydrogens is 461 g/mol. The number of nitrogens with two attached hydrogens (primary N) is 2. The van der Waals surface area contributed by atoms with E-state index < -0.39 is 0 Å². The minimum atomic E-state index is -0.298. The number of furan rings is 1. The molecule has 0 spiro atoms. The van der Waals surface area contributed by atoms with Crippen LogP contribution < -0.4 is 16.6 Å². The molecule has 4 N–H and O–H groups in total. The largest absolute Gasteiger partial charge is 0.459 e. The highest BCUT2D eigenvalue weighted by Gasteiger charge is 2.58. The minimum Gasteiger partial charge on any atom is -0.459 e. The fourth-order valence-corrected chi connectivity index (χ4v) is 5.12. The Hall–Kier alpha value is -2.36. The van der Waals surface area contributed by atoms with Crippen molar-refractivity contribution in [2.24, 2.45) is 16.8 Å². The van der Waals surface area contributed by atoms with Gasteiger partial charge in [0, 0.05) is 44.1 Å². The maximum Gasteiger partial charge on any atom is 0.264 e. The van der Waals surface area contributed by atoms with E-state index in [0.29, 0.717) is 29.0 Å². The Kier molecular flexibility index (Phi) is 6.83. The van der Waals surface area contributed by atoms with E-state index in [4.69, 9.17) is 39.3 Å². The van der Waals surface area contributed by atoms with Gasteiger partial charge in [0.25, 0.3) is 5.84 Å². The van der Waals surface area contributed by atoms with Crippen molar-refractivity contribution in [3.63, 3.8) is 0 Å². The molecule has 2 aromatic heterocycles. The number of allylic oxidation sites excluding steroid dienone is 1. The first-order valence-electron chi connectivity index (χ1n) is 11.0. The van der Waals surface area contributed by atoms with Gasteiger partial charge in [-0.1, -0.05) is 41.9 Å². The topological polar surface area (TPSA) is 96.9 Å². The first-order chi connectivity index (χ1) is 15.8. The molecule has 0 radical (unpaired) electrons. The molecule has 33 heavy (non-hydrogen) atoms. The lowest BCUT2D eigenvalue weighted by atomic mass is 10.1. The number of pyridine rings is 1. The van der Waals surface area contributed by atoms with Crippen LogP contribution in [0.3, 0.4) is 0 Å². The fourth-order valence-electron chi connectivity index (χ4n) is 4.51. The number of rotatable bonds is 6. The molecule has 3 unspecified atom stereocenters. The maximum atomic E-state index is 6.66. The highest BCUT2D eigenvalue weighted by molar-refractivity contribution is 6.38. The van der Waals surface area contributed by atoms with Gasteiger partial charge in [0.05, 0.1) is 15.7 Å². The number of quaternary nitrogens is 1. The summed E-state index contributed by atoms with van der Waals surface area (Å²) in [6, 6.07) is 1.95. The lowest BCUT2D eigenvalue weighted by Crippen LogP contribution is -2.55. The van der Waals surface area contributed by atoms with Gasteiger partial charge in [-0.15, -0.1) is 5.10 Å². The van der Waals surface area contributed by atoms with Crippen LogP contribution in [0.25, 0.3) is 12.2 Å². The molecule has 4 heterocycles. The number of amidine groups is 1. The molecule has 2 aliphatic rings. The second-order valence-corrected chi connectivity index (χ2v) is 9.31. The molecule has 176 valence electrons. The van der Waals surface area contributed by atoms with Crippen molar-refractivity contribution in [2.75, 3.05) is 37.6 Å². The van der Waals surface area contributed by atoms with Gasteiger partial charge >= 0.3 is 0 Å². The predicted octanol–water partition coefficient (Wildman–Crippen LogP) is 3.89. The molecule has 0 amide bonds. The van der Waals surface area contributed by atoms with E-state index in [1.165, 1.54) is 0 Å². The van der Waals surface area contributed by atoms with Crippen LogP contribution in [0.15, 0.2) is 40.6 Å². The Labute approximate surface area is 204 Å². The van der Waals surface area contributed by atoms with Crippen LogP contribution >= 0.6 is 23.2 Å².